The molecule has 2 N–H and O–H groups in total. The average molecular weight is 501 g/mol. The predicted molar refractivity (Wildman–Crippen MR) is 140 cm³/mol. The average Bonchev–Trinajstić information content (AvgIpc) is 2.86. The summed E-state index contributed by atoms with van der Waals surface area (Å²) in [6, 6.07) is 20.0. The predicted octanol–water partition coefficient (Wildman–Crippen LogP) is 4.77. The van der Waals surface area contributed by atoms with Gasteiger partial charge >= 0.3 is 5.97 Å². The first kappa shape index (κ1) is 24.9. The third-order valence-electron chi connectivity index (χ3n) is 5.20. The van der Waals surface area contributed by atoms with E-state index in [1.165, 1.54) is 11.8 Å². The van der Waals surface area contributed by atoms with Crippen molar-refractivity contribution in [1.82, 2.24) is 15.4 Å². The summed E-state index contributed by atoms with van der Waals surface area (Å²) in [7, 11) is 0. The number of rotatable bonds is 9. The lowest BCUT2D eigenvalue weighted by molar-refractivity contribution is -0.118. The Morgan fingerprint density at radius 2 is 1.75 bits per heavy atom. The lowest BCUT2D eigenvalue weighted by Gasteiger charge is -2.12. The van der Waals surface area contributed by atoms with Crippen LogP contribution in [0, 0.1) is 13.8 Å². The van der Waals surface area contributed by atoms with E-state index in [0.29, 0.717) is 10.9 Å². The maximum Gasteiger partial charge on any atom is 0.335 e. The summed E-state index contributed by atoms with van der Waals surface area (Å²) in [5.41, 5.74) is 6.03. The van der Waals surface area contributed by atoms with E-state index in [1.54, 1.807) is 30.5 Å². The lowest BCUT2D eigenvalue weighted by Crippen LogP contribution is -2.20. The molecule has 9 heteroatoms. The first-order valence-electron chi connectivity index (χ1n) is 11.1. The van der Waals surface area contributed by atoms with Gasteiger partial charge in [-0.1, -0.05) is 54.2 Å². The van der Waals surface area contributed by atoms with Gasteiger partial charge in [0.15, 0.2) is 5.16 Å². The van der Waals surface area contributed by atoms with Crippen molar-refractivity contribution in [2.24, 2.45) is 5.10 Å². The number of hydrogen-bond donors (Lipinski definition) is 2. The normalized spacial score (nSPS) is 11.1. The number of aryl methyl sites for hydroxylation is 2. The first-order valence-corrected chi connectivity index (χ1v) is 12.1. The Kier molecular flexibility index (Phi) is 7.92. The van der Waals surface area contributed by atoms with E-state index in [-0.39, 0.29) is 23.8 Å². The van der Waals surface area contributed by atoms with Crippen LogP contribution in [0.2, 0.25) is 0 Å². The number of carbonyl (C=O) groups is 2. The molecular weight excluding hydrogens is 476 g/mol. The molecule has 0 spiro atoms. The third-order valence-corrected chi connectivity index (χ3v) is 6.05. The maximum atomic E-state index is 12.3. The van der Waals surface area contributed by atoms with Gasteiger partial charge in [0.2, 0.25) is 0 Å². The number of hydrazone groups is 1. The van der Waals surface area contributed by atoms with Gasteiger partial charge in [-0.3, -0.25) is 4.79 Å². The van der Waals surface area contributed by atoms with Crippen LogP contribution in [-0.2, 0) is 11.4 Å². The number of ether oxygens (including phenoxy) is 1. The molecule has 0 saturated carbocycles. The minimum atomic E-state index is -0.975. The van der Waals surface area contributed by atoms with Crippen molar-refractivity contribution in [3.8, 4) is 5.75 Å². The van der Waals surface area contributed by atoms with Gasteiger partial charge in [0.1, 0.15) is 12.4 Å². The molecule has 3 aromatic carbocycles. The van der Waals surface area contributed by atoms with Crippen LogP contribution in [0.3, 0.4) is 0 Å². The highest BCUT2D eigenvalue weighted by Crippen LogP contribution is 2.27. The van der Waals surface area contributed by atoms with Crippen molar-refractivity contribution in [2.45, 2.75) is 25.6 Å². The zero-order chi connectivity index (χ0) is 25.5. The zero-order valence-corrected chi connectivity index (χ0v) is 20.6. The second-order valence-electron chi connectivity index (χ2n) is 8.00. The van der Waals surface area contributed by atoms with E-state index in [4.69, 9.17) is 9.84 Å². The fourth-order valence-corrected chi connectivity index (χ4v) is 4.27. The number of aromatic carboxylic acids is 1. The van der Waals surface area contributed by atoms with Gasteiger partial charge in [-0.25, -0.2) is 20.2 Å². The minimum Gasteiger partial charge on any atom is -0.488 e. The highest BCUT2D eigenvalue weighted by Gasteiger charge is 2.10. The van der Waals surface area contributed by atoms with Crippen LogP contribution < -0.4 is 10.2 Å². The Morgan fingerprint density at radius 3 is 2.47 bits per heavy atom. The Labute approximate surface area is 212 Å². The largest absolute Gasteiger partial charge is 0.488 e. The number of fused-ring (bicyclic) bond motifs is 1. The number of carbonyl (C=O) groups excluding carboxylic acids is 1. The number of carboxylic acid groups (broad SMARTS) is 1. The summed E-state index contributed by atoms with van der Waals surface area (Å²) < 4.78 is 6.04. The molecule has 0 unspecified atom stereocenters. The van der Waals surface area contributed by atoms with Crippen LogP contribution in [0.4, 0.5) is 0 Å². The number of thioether (sulfide) groups is 1. The smallest absolute Gasteiger partial charge is 0.335 e. The lowest BCUT2D eigenvalue weighted by atomic mass is 10.0. The number of hydrogen-bond acceptors (Lipinski definition) is 7. The summed E-state index contributed by atoms with van der Waals surface area (Å²) in [4.78, 5) is 32.1. The van der Waals surface area contributed by atoms with Crippen LogP contribution in [0.1, 0.15) is 32.9 Å². The second kappa shape index (κ2) is 11.5. The van der Waals surface area contributed by atoms with Crippen LogP contribution >= 0.6 is 11.8 Å². The molecule has 36 heavy (non-hydrogen) atoms. The second-order valence-corrected chi connectivity index (χ2v) is 8.95. The SMILES string of the molecule is Cc1cc(C)nc(SCC(=O)N/N=C\c2c(OCc3ccc(C(=O)O)cc3)ccc3ccccc23)n1. The summed E-state index contributed by atoms with van der Waals surface area (Å²) in [5.74, 6) is -0.532. The van der Waals surface area contributed by atoms with Crippen molar-refractivity contribution in [3.63, 3.8) is 0 Å². The Bertz CT molecular complexity index is 1420. The molecule has 0 bridgehead atoms. The van der Waals surface area contributed by atoms with E-state index in [9.17, 15) is 9.59 Å². The maximum absolute atomic E-state index is 12.3. The van der Waals surface area contributed by atoms with Crippen molar-refractivity contribution in [1.29, 1.82) is 0 Å². The van der Waals surface area contributed by atoms with Crippen LogP contribution in [0.15, 0.2) is 77.0 Å². The summed E-state index contributed by atoms with van der Waals surface area (Å²) in [6.45, 7) is 4.02. The van der Waals surface area contributed by atoms with Crippen molar-refractivity contribution < 1.29 is 19.4 Å². The van der Waals surface area contributed by atoms with Crippen molar-refractivity contribution >= 4 is 40.6 Å². The number of amides is 1. The molecule has 4 aromatic rings. The topological polar surface area (TPSA) is 114 Å². The van der Waals surface area contributed by atoms with Gasteiger partial charge in [0, 0.05) is 17.0 Å². The van der Waals surface area contributed by atoms with E-state index < -0.39 is 5.97 Å². The number of nitrogens with one attached hydrogen (secondary N) is 1. The first-order chi connectivity index (χ1) is 17.4. The van der Waals surface area contributed by atoms with Gasteiger partial charge in [0.05, 0.1) is 17.5 Å². The summed E-state index contributed by atoms with van der Waals surface area (Å²) in [5, 5.41) is 15.7. The van der Waals surface area contributed by atoms with Gasteiger partial charge in [0.25, 0.3) is 5.91 Å². The van der Waals surface area contributed by atoms with Crippen molar-refractivity contribution in [3.05, 3.63) is 94.8 Å². The quantitative estimate of drug-likeness (QED) is 0.147. The molecule has 8 nitrogen and oxygen atoms in total. The zero-order valence-electron chi connectivity index (χ0n) is 19.8. The molecule has 4 rings (SSSR count). The van der Waals surface area contributed by atoms with Gasteiger partial charge in [-0.2, -0.15) is 5.10 Å². The molecule has 0 aliphatic rings. The van der Waals surface area contributed by atoms with E-state index in [0.717, 1.165) is 33.3 Å². The fraction of sp³-hybridized carbons (Fsp3) is 0.148. The summed E-state index contributed by atoms with van der Waals surface area (Å²) >= 11 is 1.25. The molecule has 1 amide bonds. The molecular formula is C27H24N4O4S. The Hall–Kier alpha value is -4.24. The molecule has 0 radical (unpaired) electrons. The van der Waals surface area contributed by atoms with Crippen LogP contribution in [0.25, 0.3) is 10.8 Å². The van der Waals surface area contributed by atoms with Crippen LogP contribution in [0.5, 0.6) is 5.75 Å². The third kappa shape index (κ3) is 6.45. The molecule has 0 aliphatic heterocycles. The van der Waals surface area contributed by atoms with Crippen LogP contribution in [-0.4, -0.2) is 38.9 Å². The van der Waals surface area contributed by atoms with Gasteiger partial charge in [-0.05, 0) is 54.4 Å². The molecule has 0 atom stereocenters. The highest BCUT2D eigenvalue weighted by atomic mass is 32.2. The summed E-state index contributed by atoms with van der Waals surface area (Å²) in [6.07, 6.45) is 1.57. The van der Waals surface area contributed by atoms with E-state index >= 15 is 0 Å². The van der Waals surface area contributed by atoms with E-state index in [1.807, 2.05) is 56.3 Å². The molecule has 0 fully saturated rings. The van der Waals surface area contributed by atoms with Crippen molar-refractivity contribution in [2.75, 3.05) is 5.75 Å². The molecule has 0 saturated heterocycles. The monoisotopic (exact) mass is 500 g/mol. The number of aromatic nitrogens is 2. The molecule has 1 heterocycles. The number of carboxylic acids is 1. The molecule has 1 aromatic heterocycles. The molecule has 182 valence electrons. The standard InChI is InChI=1S/C27H24N4O4S/c1-17-13-18(2)30-27(29-17)36-16-25(32)31-28-14-23-22-6-4-3-5-20(22)11-12-24(23)35-15-19-7-9-21(10-8-19)26(33)34/h3-14H,15-16H2,1-2H3,(H,31,32)(H,33,34)/b28-14-. The number of benzene rings is 3. The fourth-order valence-electron chi connectivity index (χ4n) is 3.53. The van der Waals surface area contributed by atoms with E-state index in [2.05, 4.69) is 20.5 Å². The van der Waals surface area contributed by atoms with Gasteiger partial charge < -0.3 is 9.84 Å². The van der Waals surface area contributed by atoms with Gasteiger partial charge in [-0.15, -0.1) is 0 Å². The Balaban J connectivity index is 1.46. The molecule has 0 aliphatic carbocycles. The number of nitrogens with zero attached hydrogens (tertiary/aromatic N) is 3. The minimum absolute atomic E-state index is 0.130. The Morgan fingerprint density at radius 1 is 1.03 bits per heavy atom. The highest BCUT2D eigenvalue weighted by molar-refractivity contribution is 7.99.